The first kappa shape index (κ1) is 11.6. The zero-order valence-corrected chi connectivity index (χ0v) is 9.50. The van der Waals surface area contributed by atoms with Gasteiger partial charge in [-0.15, -0.1) is 0 Å². The van der Waals surface area contributed by atoms with Gasteiger partial charge >= 0.3 is 0 Å². The summed E-state index contributed by atoms with van der Waals surface area (Å²) in [6, 6.07) is 10.0. The van der Waals surface area contributed by atoms with Crippen LogP contribution in [0.25, 0.3) is 0 Å². The smallest absolute Gasteiger partial charge is 0.106 e. The van der Waals surface area contributed by atoms with E-state index < -0.39 is 6.10 Å². The average molecular weight is 222 g/mol. The molecule has 0 unspecified atom stereocenters. The molecule has 2 rings (SSSR count). The minimum Gasteiger partial charge on any atom is -0.388 e. The Morgan fingerprint density at radius 3 is 2.50 bits per heavy atom. The van der Waals surface area contributed by atoms with Crippen molar-refractivity contribution in [2.75, 3.05) is 7.11 Å². The third-order valence-electron chi connectivity index (χ3n) is 3.11. The molecule has 0 saturated heterocycles. The van der Waals surface area contributed by atoms with E-state index in [2.05, 4.69) is 0 Å². The summed E-state index contributed by atoms with van der Waals surface area (Å²) in [7, 11) is 1.63. The fourth-order valence-corrected chi connectivity index (χ4v) is 2.13. The fraction of sp³-hybridized carbons (Fsp3) is 0.538. The molecule has 1 saturated carbocycles. The maximum absolute atomic E-state index is 9.88. The van der Waals surface area contributed by atoms with Gasteiger partial charge in [-0.3, -0.25) is 0 Å². The lowest BCUT2D eigenvalue weighted by molar-refractivity contribution is -0.0703. The van der Waals surface area contributed by atoms with E-state index in [-0.39, 0.29) is 12.2 Å². The van der Waals surface area contributed by atoms with Crippen LogP contribution >= 0.6 is 0 Å². The molecular weight excluding hydrogens is 204 g/mol. The Bertz CT molecular complexity index is 312. The summed E-state index contributed by atoms with van der Waals surface area (Å²) in [5, 5.41) is 9.88. The molecule has 1 aliphatic rings. The van der Waals surface area contributed by atoms with Crippen molar-refractivity contribution in [2.45, 2.75) is 37.8 Å². The minimum atomic E-state index is -0.492. The molecule has 16 heavy (non-hydrogen) atoms. The van der Waals surface area contributed by atoms with E-state index in [4.69, 9.17) is 9.47 Å². The summed E-state index contributed by atoms with van der Waals surface area (Å²) in [6.07, 6.45) is 1.09. The van der Waals surface area contributed by atoms with Crippen LogP contribution in [-0.4, -0.2) is 30.5 Å². The maximum Gasteiger partial charge on any atom is 0.106 e. The van der Waals surface area contributed by atoms with Crippen molar-refractivity contribution in [3.8, 4) is 0 Å². The van der Waals surface area contributed by atoms with E-state index in [1.54, 1.807) is 7.11 Å². The predicted molar refractivity (Wildman–Crippen MR) is 61.1 cm³/mol. The lowest BCUT2D eigenvalue weighted by Crippen LogP contribution is -2.31. The third-order valence-corrected chi connectivity index (χ3v) is 3.11. The van der Waals surface area contributed by atoms with Crippen molar-refractivity contribution < 1.29 is 14.6 Å². The zero-order valence-electron chi connectivity index (χ0n) is 9.50. The van der Waals surface area contributed by atoms with Crippen LogP contribution < -0.4 is 0 Å². The quantitative estimate of drug-likeness (QED) is 0.843. The Kier molecular flexibility index (Phi) is 3.93. The van der Waals surface area contributed by atoms with E-state index >= 15 is 0 Å². The molecule has 0 amide bonds. The molecule has 0 aliphatic heterocycles. The number of hydrogen-bond acceptors (Lipinski definition) is 3. The molecule has 0 heterocycles. The van der Waals surface area contributed by atoms with Gasteiger partial charge in [-0.1, -0.05) is 30.3 Å². The minimum absolute atomic E-state index is 0.0687. The van der Waals surface area contributed by atoms with Crippen LogP contribution in [0, 0.1) is 0 Å². The van der Waals surface area contributed by atoms with Crippen molar-refractivity contribution in [2.24, 2.45) is 0 Å². The zero-order chi connectivity index (χ0) is 11.4. The Labute approximate surface area is 96.0 Å². The van der Waals surface area contributed by atoms with Crippen LogP contribution in [0.15, 0.2) is 30.3 Å². The lowest BCUT2D eigenvalue weighted by Gasteiger charge is -2.19. The normalized spacial score (nSPS) is 29.5. The maximum atomic E-state index is 9.88. The average Bonchev–Trinajstić information content (AvgIpc) is 2.69. The molecule has 1 aliphatic carbocycles. The second kappa shape index (κ2) is 5.43. The first-order valence-electron chi connectivity index (χ1n) is 5.67. The van der Waals surface area contributed by atoms with Gasteiger partial charge in [0.1, 0.15) is 6.10 Å². The Hall–Kier alpha value is -0.900. The molecule has 0 radical (unpaired) electrons. The highest BCUT2D eigenvalue weighted by atomic mass is 16.5. The van der Waals surface area contributed by atoms with Gasteiger partial charge < -0.3 is 14.6 Å². The monoisotopic (exact) mass is 222 g/mol. The van der Waals surface area contributed by atoms with Gasteiger partial charge in [0, 0.05) is 7.11 Å². The van der Waals surface area contributed by atoms with Gasteiger partial charge in [0.25, 0.3) is 0 Å². The molecule has 0 aromatic heterocycles. The largest absolute Gasteiger partial charge is 0.388 e. The fourth-order valence-electron chi connectivity index (χ4n) is 2.13. The van der Waals surface area contributed by atoms with Gasteiger partial charge in [-0.05, 0) is 18.4 Å². The van der Waals surface area contributed by atoms with Gasteiger partial charge in [-0.2, -0.15) is 0 Å². The molecule has 3 atom stereocenters. The summed E-state index contributed by atoms with van der Waals surface area (Å²) in [5.74, 6) is 0. The lowest BCUT2D eigenvalue weighted by atomic mass is 10.2. The van der Waals surface area contributed by atoms with Crippen LogP contribution in [0.2, 0.25) is 0 Å². The molecule has 3 nitrogen and oxygen atoms in total. The molecule has 1 fully saturated rings. The Morgan fingerprint density at radius 2 is 1.88 bits per heavy atom. The Balaban J connectivity index is 1.83. The van der Waals surface area contributed by atoms with E-state index in [1.165, 1.54) is 0 Å². The van der Waals surface area contributed by atoms with Gasteiger partial charge in [0.2, 0.25) is 0 Å². The topological polar surface area (TPSA) is 38.7 Å². The molecule has 1 aromatic carbocycles. The van der Waals surface area contributed by atoms with Gasteiger partial charge in [-0.25, -0.2) is 0 Å². The van der Waals surface area contributed by atoms with Crippen LogP contribution in [0.1, 0.15) is 18.4 Å². The second-order valence-electron chi connectivity index (χ2n) is 4.18. The summed E-state index contributed by atoms with van der Waals surface area (Å²) in [6.45, 7) is 0.555. The highest BCUT2D eigenvalue weighted by molar-refractivity contribution is 5.13. The molecule has 88 valence electrons. The molecule has 0 bridgehead atoms. The first-order valence-corrected chi connectivity index (χ1v) is 5.67. The number of aliphatic hydroxyl groups excluding tert-OH is 1. The molecular formula is C13H18O3. The number of benzene rings is 1. The van der Waals surface area contributed by atoms with E-state index in [0.29, 0.717) is 6.61 Å². The van der Waals surface area contributed by atoms with Gasteiger partial charge in [0.05, 0.1) is 18.8 Å². The molecule has 3 heteroatoms. The van der Waals surface area contributed by atoms with Gasteiger partial charge in [0.15, 0.2) is 0 Å². The SMILES string of the molecule is CO[C@H]1CC[C@@H](OCc2ccccc2)[C@@H]1O. The third kappa shape index (κ3) is 2.61. The number of methoxy groups -OCH3 is 1. The summed E-state index contributed by atoms with van der Waals surface area (Å²) >= 11 is 0. The van der Waals surface area contributed by atoms with Crippen LogP contribution in [0.4, 0.5) is 0 Å². The Morgan fingerprint density at radius 1 is 1.19 bits per heavy atom. The highest BCUT2D eigenvalue weighted by Crippen LogP contribution is 2.25. The van der Waals surface area contributed by atoms with Crippen molar-refractivity contribution in [3.05, 3.63) is 35.9 Å². The molecule has 1 N–H and O–H groups in total. The summed E-state index contributed by atoms with van der Waals surface area (Å²) < 4.78 is 10.9. The van der Waals surface area contributed by atoms with Crippen LogP contribution in [0.5, 0.6) is 0 Å². The van der Waals surface area contributed by atoms with E-state index in [9.17, 15) is 5.11 Å². The van der Waals surface area contributed by atoms with Crippen LogP contribution in [-0.2, 0) is 16.1 Å². The van der Waals surface area contributed by atoms with Crippen molar-refractivity contribution in [1.29, 1.82) is 0 Å². The van der Waals surface area contributed by atoms with E-state index in [1.807, 2.05) is 30.3 Å². The number of hydrogen-bond donors (Lipinski definition) is 1. The van der Waals surface area contributed by atoms with Crippen LogP contribution in [0.3, 0.4) is 0 Å². The predicted octanol–water partition coefficient (Wildman–Crippen LogP) is 1.74. The first-order chi connectivity index (χ1) is 7.81. The number of ether oxygens (including phenoxy) is 2. The molecule has 0 spiro atoms. The van der Waals surface area contributed by atoms with Crippen molar-refractivity contribution >= 4 is 0 Å². The number of aliphatic hydroxyl groups is 1. The second-order valence-corrected chi connectivity index (χ2v) is 4.18. The summed E-state index contributed by atoms with van der Waals surface area (Å²) in [5.41, 5.74) is 1.13. The number of rotatable bonds is 4. The highest BCUT2D eigenvalue weighted by Gasteiger charge is 2.35. The van der Waals surface area contributed by atoms with E-state index in [0.717, 1.165) is 18.4 Å². The van der Waals surface area contributed by atoms with Crippen molar-refractivity contribution in [3.63, 3.8) is 0 Å². The molecule has 1 aromatic rings. The standard InChI is InChI=1S/C13H18O3/c1-15-11-7-8-12(13(11)14)16-9-10-5-3-2-4-6-10/h2-6,11-14H,7-9H2,1H3/t11-,12+,13+/m0/s1. The van der Waals surface area contributed by atoms with Crippen molar-refractivity contribution in [1.82, 2.24) is 0 Å². The summed E-state index contributed by atoms with van der Waals surface area (Å²) in [4.78, 5) is 0.